The van der Waals surface area contributed by atoms with E-state index in [1.54, 1.807) is 0 Å². The summed E-state index contributed by atoms with van der Waals surface area (Å²) in [5.41, 5.74) is 3.67. The fourth-order valence-electron chi connectivity index (χ4n) is 2.55. The van der Waals surface area contributed by atoms with E-state index in [4.69, 9.17) is 17.0 Å². The highest BCUT2D eigenvalue weighted by Crippen LogP contribution is 2.13. The Kier molecular flexibility index (Phi) is 8.26. The van der Waals surface area contributed by atoms with Gasteiger partial charge in [0.05, 0.1) is 6.61 Å². The van der Waals surface area contributed by atoms with Crippen LogP contribution in [0.3, 0.4) is 0 Å². The largest absolute Gasteiger partial charge is 0.494 e. The first-order valence-corrected chi connectivity index (χ1v) is 9.47. The fourth-order valence-corrected chi connectivity index (χ4v) is 2.77. The molecule has 2 aromatic rings. The Labute approximate surface area is 156 Å². The number of anilines is 1. The number of hydrogen-bond acceptors (Lipinski definition) is 2. The minimum absolute atomic E-state index is 0.659. The number of nitrogens with one attached hydrogen (secondary N) is 2. The third kappa shape index (κ3) is 7.14. The van der Waals surface area contributed by atoms with E-state index in [0.29, 0.717) is 11.7 Å². The molecule has 2 aromatic carbocycles. The number of thiocarbonyl (C=S) groups is 1. The fraction of sp³-hybridized carbons (Fsp3) is 0.381. The summed E-state index contributed by atoms with van der Waals surface area (Å²) in [5.74, 6) is 0.916. The van der Waals surface area contributed by atoms with Crippen molar-refractivity contribution in [3.05, 3.63) is 59.7 Å². The first kappa shape index (κ1) is 19.3. The highest BCUT2D eigenvalue weighted by molar-refractivity contribution is 7.80. The average molecular weight is 357 g/mol. The van der Waals surface area contributed by atoms with Gasteiger partial charge in [0.1, 0.15) is 5.75 Å². The van der Waals surface area contributed by atoms with Gasteiger partial charge < -0.3 is 15.4 Å². The summed E-state index contributed by atoms with van der Waals surface area (Å²) in [4.78, 5) is 0. The second-order valence-electron chi connectivity index (χ2n) is 6.01. The Bertz CT molecular complexity index is 638. The molecule has 0 radical (unpaired) electrons. The van der Waals surface area contributed by atoms with Gasteiger partial charge in [0.25, 0.3) is 0 Å². The Morgan fingerprint density at radius 2 is 1.56 bits per heavy atom. The molecule has 0 aliphatic carbocycles. The Balaban J connectivity index is 1.71. The van der Waals surface area contributed by atoms with Gasteiger partial charge in [-0.3, -0.25) is 0 Å². The summed E-state index contributed by atoms with van der Waals surface area (Å²) >= 11 is 5.37. The number of aryl methyl sites for hydroxylation is 1. The highest BCUT2D eigenvalue weighted by Gasteiger charge is 2.00. The normalized spacial score (nSPS) is 10.3. The van der Waals surface area contributed by atoms with E-state index < -0.39 is 0 Å². The first-order valence-electron chi connectivity index (χ1n) is 9.06. The van der Waals surface area contributed by atoms with Gasteiger partial charge in [-0.25, -0.2) is 0 Å². The van der Waals surface area contributed by atoms with Crippen LogP contribution in [-0.4, -0.2) is 18.3 Å². The molecular formula is C21H28N2OS. The molecule has 0 spiro atoms. The van der Waals surface area contributed by atoms with E-state index in [-0.39, 0.29) is 0 Å². The maximum absolute atomic E-state index is 5.45. The number of ether oxygens (including phenoxy) is 1. The van der Waals surface area contributed by atoms with Gasteiger partial charge in [-0.05, 0) is 73.8 Å². The molecule has 3 nitrogen and oxygen atoms in total. The smallest absolute Gasteiger partial charge is 0.170 e. The number of hydrogen-bond donors (Lipinski definition) is 2. The zero-order chi connectivity index (χ0) is 17.9. The number of unbranched alkanes of at least 4 members (excludes halogenated alkanes) is 1. The lowest BCUT2D eigenvalue weighted by Gasteiger charge is -2.11. The number of benzene rings is 2. The van der Waals surface area contributed by atoms with Crippen molar-refractivity contribution < 1.29 is 4.74 Å². The highest BCUT2D eigenvalue weighted by atomic mass is 32.1. The van der Waals surface area contributed by atoms with Gasteiger partial charge in [-0.2, -0.15) is 0 Å². The molecule has 0 saturated carbocycles. The molecule has 0 heterocycles. The molecule has 0 bridgehead atoms. The minimum atomic E-state index is 0.659. The zero-order valence-electron chi connectivity index (χ0n) is 15.2. The van der Waals surface area contributed by atoms with E-state index in [1.165, 1.54) is 24.0 Å². The maximum Gasteiger partial charge on any atom is 0.170 e. The van der Waals surface area contributed by atoms with E-state index in [9.17, 15) is 0 Å². The van der Waals surface area contributed by atoms with Gasteiger partial charge in [0, 0.05) is 12.2 Å². The standard InChI is InChI=1S/C21H28N2OS/c1-3-5-6-17-7-11-19(12-8-17)23-21(25)22-16-15-18-9-13-20(14-10-18)24-4-2/h7-14H,3-6,15-16H2,1-2H3,(H2,22,23,25). The molecule has 4 heteroatoms. The summed E-state index contributed by atoms with van der Waals surface area (Å²) < 4.78 is 5.45. The molecule has 2 rings (SSSR count). The zero-order valence-corrected chi connectivity index (χ0v) is 16.0. The minimum Gasteiger partial charge on any atom is -0.494 e. The molecule has 0 atom stereocenters. The van der Waals surface area contributed by atoms with E-state index in [0.717, 1.165) is 30.8 Å². The van der Waals surface area contributed by atoms with Gasteiger partial charge >= 0.3 is 0 Å². The van der Waals surface area contributed by atoms with E-state index in [1.807, 2.05) is 19.1 Å². The molecular weight excluding hydrogens is 328 g/mol. The SMILES string of the molecule is CCCCc1ccc(NC(=S)NCCc2ccc(OCC)cc2)cc1. The van der Waals surface area contributed by atoms with Gasteiger partial charge in [0.15, 0.2) is 5.11 Å². The molecule has 0 fully saturated rings. The first-order chi connectivity index (χ1) is 12.2. The summed E-state index contributed by atoms with van der Waals surface area (Å²) in [5, 5.41) is 7.15. The Morgan fingerprint density at radius 3 is 2.20 bits per heavy atom. The maximum atomic E-state index is 5.45. The molecule has 0 aliphatic rings. The molecule has 0 unspecified atom stereocenters. The van der Waals surface area contributed by atoms with Gasteiger partial charge in [0.2, 0.25) is 0 Å². The second kappa shape index (κ2) is 10.7. The molecule has 0 aliphatic heterocycles. The molecule has 2 N–H and O–H groups in total. The lowest BCUT2D eigenvalue weighted by Crippen LogP contribution is -2.30. The molecule has 0 saturated heterocycles. The van der Waals surface area contributed by atoms with Crippen molar-refractivity contribution in [2.75, 3.05) is 18.5 Å². The van der Waals surface area contributed by atoms with Crippen molar-refractivity contribution in [3.8, 4) is 5.75 Å². The van der Waals surface area contributed by atoms with E-state index >= 15 is 0 Å². The van der Waals surface area contributed by atoms with Crippen LogP contribution in [0.1, 0.15) is 37.8 Å². The molecule has 0 amide bonds. The third-order valence-corrected chi connectivity index (χ3v) is 4.21. The lowest BCUT2D eigenvalue weighted by atomic mass is 10.1. The van der Waals surface area contributed by atoms with Crippen LogP contribution in [0.2, 0.25) is 0 Å². The average Bonchev–Trinajstić information content (AvgIpc) is 2.63. The van der Waals surface area contributed by atoms with Crippen molar-refractivity contribution in [1.82, 2.24) is 5.32 Å². The van der Waals surface area contributed by atoms with Crippen LogP contribution >= 0.6 is 12.2 Å². The van der Waals surface area contributed by atoms with Gasteiger partial charge in [-0.15, -0.1) is 0 Å². The lowest BCUT2D eigenvalue weighted by molar-refractivity contribution is 0.340. The van der Waals surface area contributed by atoms with Crippen molar-refractivity contribution in [1.29, 1.82) is 0 Å². The monoisotopic (exact) mass is 356 g/mol. The van der Waals surface area contributed by atoms with Crippen LogP contribution in [-0.2, 0) is 12.8 Å². The van der Waals surface area contributed by atoms with Crippen molar-refractivity contribution in [2.24, 2.45) is 0 Å². The van der Waals surface area contributed by atoms with Crippen molar-refractivity contribution in [3.63, 3.8) is 0 Å². The van der Waals surface area contributed by atoms with Crippen LogP contribution < -0.4 is 15.4 Å². The number of rotatable bonds is 9. The summed E-state index contributed by atoms with van der Waals surface area (Å²) in [6, 6.07) is 16.7. The quantitative estimate of drug-likeness (QED) is 0.622. The molecule has 134 valence electrons. The molecule has 0 aromatic heterocycles. The summed E-state index contributed by atoms with van der Waals surface area (Å²) in [6.07, 6.45) is 4.52. The van der Waals surface area contributed by atoms with Crippen LogP contribution in [0.25, 0.3) is 0 Å². The Morgan fingerprint density at radius 1 is 0.920 bits per heavy atom. The third-order valence-electron chi connectivity index (χ3n) is 3.96. The van der Waals surface area contributed by atoms with Gasteiger partial charge in [-0.1, -0.05) is 37.6 Å². The predicted molar refractivity (Wildman–Crippen MR) is 111 cm³/mol. The topological polar surface area (TPSA) is 33.3 Å². The predicted octanol–water partition coefficient (Wildman–Crippen LogP) is 4.96. The summed E-state index contributed by atoms with van der Waals surface area (Å²) in [7, 11) is 0. The molecule has 25 heavy (non-hydrogen) atoms. The van der Waals surface area contributed by atoms with Crippen molar-refractivity contribution in [2.45, 2.75) is 39.5 Å². The Hall–Kier alpha value is -2.07. The summed E-state index contributed by atoms with van der Waals surface area (Å²) in [6.45, 7) is 5.70. The van der Waals surface area contributed by atoms with E-state index in [2.05, 4.69) is 54.0 Å². The van der Waals surface area contributed by atoms with Crippen LogP contribution in [0, 0.1) is 0 Å². The second-order valence-corrected chi connectivity index (χ2v) is 6.42. The van der Waals surface area contributed by atoms with Crippen LogP contribution in [0.4, 0.5) is 5.69 Å². The van der Waals surface area contributed by atoms with Crippen LogP contribution in [0.15, 0.2) is 48.5 Å². The van der Waals surface area contributed by atoms with Crippen LogP contribution in [0.5, 0.6) is 5.75 Å². The van der Waals surface area contributed by atoms with Crippen molar-refractivity contribution >= 4 is 23.0 Å².